The molecule has 1 fully saturated rings. The Morgan fingerprint density at radius 2 is 2.03 bits per heavy atom. The zero-order valence-electron chi connectivity index (χ0n) is 16.9. The third-order valence-electron chi connectivity index (χ3n) is 4.42. The van der Waals surface area contributed by atoms with Crippen LogP contribution in [-0.4, -0.2) is 34.8 Å². The van der Waals surface area contributed by atoms with Gasteiger partial charge in [0.05, 0.1) is 28.3 Å². The Morgan fingerprint density at radius 1 is 1.29 bits per heavy atom. The lowest BCUT2D eigenvalue weighted by Gasteiger charge is -2.19. The van der Waals surface area contributed by atoms with E-state index in [4.69, 9.17) is 32.7 Å². The standard InChI is InChI=1S/C21H21BrCl2N2O3S2/c1-21(30-5-6-31-21)10-19(27)26-25-11-13-7-16(22)20(18(8-13)28-2)29-12-14-3-4-15(23)9-17(14)24/h3-4,7-9,11H,5-6,10,12H2,1-2H3,(H,26,27)/b25-11-. The summed E-state index contributed by atoms with van der Waals surface area (Å²) in [7, 11) is 1.56. The maximum Gasteiger partial charge on any atom is 0.242 e. The number of carbonyl (C=O) groups is 1. The van der Waals surface area contributed by atoms with Gasteiger partial charge in [0, 0.05) is 27.1 Å². The normalized spacial score (nSPS) is 15.3. The highest BCUT2D eigenvalue weighted by molar-refractivity contribution is 9.10. The number of thioether (sulfide) groups is 2. The molecule has 0 unspecified atom stereocenters. The van der Waals surface area contributed by atoms with Gasteiger partial charge in [-0.15, -0.1) is 23.5 Å². The summed E-state index contributed by atoms with van der Waals surface area (Å²) in [4.78, 5) is 12.2. The second-order valence-electron chi connectivity index (χ2n) is 6.86. The number of benzene rings is 2. The molecular formula is C21H21BrCl2N2O3S2. The largest absolute Gasteiger partial charge is 0.493 e. The summed E-state index contributed by atoms with van der Waals surface area (Å²) < 4.78 is 12.0. The van der Waals surface area contributed by atoms with Crippen LogP contribution in [0.4, 0.5) is 0 Å². The number of nitrogens with zero attached hydrogens (tertiary/aromatic N) is 1. The molecule has 0 bridgehead atoms. The molecule has 10 heteroatoms. The van der Waals surface area contributed by atoms with Crippen molar-refractivity contribution in [1.82, 2.24) is 5.43 Å². The fraction of sp³-hybridized carbons (Fsp3) is 0.333. The molecule has 1 amide bonds. The lowest BCUT2D eigenvalue weighted by molar-refractivity contribution is -0.121. The first-order chi connectivity index (χ1) is 14.8. The van der Waals surface area contributed by atoms with Gasteiger partial charge in [0.15, 0.2) is 11.5 Å². The zero-order valence-corrected chi connectivity index (χ0v) is 21.6. The summed E-state index contributed by atoms with van der Waals surface area (Å²) in [6.45, 7) is 2.35. The minimum Gasteiger partial charge on any atom is -0.493 e. The Hall–Kier alpha value is -1.06. The van der Waals surface area contributed by atoms with Gasteiger partial charge in [-0.3, -0.25) is 4.79 Å². The van der Waals surface area contributed by atoms with Crippen molar-refractivity contribution in [3.05, 3.63) is 56.0 Å². The van der Waals surface area contributed by atoms with Gasteiger partial charge in [0.25, 0.3) is 0 Å². The smallest absolute Gasteiger partial charge is 0.242 e. The van der Waals surface area contributed by atoms with Crippen molar-refractivity contribution in [3.8, 4) is 11.5 Å². The van der Waals surface area contributed by atoms with Crippen molar-refractivity contribution >= 4 is 74.8 Å². The van der Waals surface area contributed by atoms with E-state index in [0.717, 1.165) is 22.6 Å². The number of hydrogen-bond acceptors (Lipinski definition) is 6. The van der Waals surface area contributed by atoms with E-state index in [-0.39, 0.29) is 16.6 Å². The molecule has 3 rings (SSSR count). The Labute approximate surface area is 208 Å². The van der Waals surface area contributed by atoms with Gasteiger partial charge in [-0.2, -0.15) is 5.10 Å². The van der Waals surface area contributed by atoms with Gasteiger partial charge in [-0.05, 0) is 52.7 Å². The molecule has 0 radical (unpaired) electrons. The number of hydrazone groups is 1. The molecule has 1 aliphatic rings. The number of halogens is 3. The molecule has 0 saturated carbocycles. The van der Waals surface area contributed by atoms with Crippen LogP contribution in [0.5, 0.6) is 11.5 Å². The molecule has 5 nitrogen and oxygen atoms in total. The van der Waals surface area contributed by atoms with E-state index >= 15 is 0 Å². The third kappa shape index (κ3) is 6.96. The molecule has 2 aromatic carbocycles. The molecule has 0 aromatic heterocycles. The van der Waals surface area contributed by atoms with E-state index in [1.54, 1.807) is 31.5 Å². The molecule has 0 aliphatic carbocycles. The van der Waals surface area contributed by atoms with Crippen LogP contribution in [0.25, 0.3) is 0 Å². The van der Waals surface area contributed by atoms with Crippen LogP contribution in [0, 0.1) is 0 Å². The number of hydrogen-bond donors (Lipinski definition) is 1. The average Bonchev–Trinajstić information content (AvgIpc) is 3.13. The second-order valence-corrected chi connectivity index (χ2v) is 12.0. The minimum atomic E-state index is -0.105. The molecule has 1 aliphatic heterocycles. The minimum absolute atomic E-state index is 0.0716. The maximum atomic E-state index is 12.2. The first-order valence-electron chi connectivity index (χ1n) is 9.34. The molecule has 31 heavy (non-hydrogen) atoms. The number of methoxy groups -OCH3 is 1. The van der Waals surface area contributed by atoms with E-state index in [2.05, 4.69) is 33.4 Å². The van der Waals surface area contributed by atoms with Crippen molar-refractivity contribution in [2.75, 3.05) is 18.6 Å². The third-order valence-corrected chi connectivity index (χ3v) is 8.89. The van der Waals surface area contributed by atoms with E-state index in [1.807, 2.05) is 35.7 Å². The molecule has 166 valence electrons. The van der Waals surface area contributed by atoms with Crippen LogP contribution < -0.4 is 14.9 Å². The first-order valence-corrected chi connectivity index (χ1v) is 12.9. The predicted molar refractivity (Wildman–Crippen MR) is 135 cm³/mol. The van der Waals surface area contributed by atoms with Gasteiger partial charge < -0.3 is 9.47 Å². The summed E-state index contributed by atoms with van der Waals surface area (Å²) in [5.41, 5.74) is 4.16. The van der Waals surface area contributed by atoms with Crippen LogP contribution in [0.1, 0.15) is 24.5 Å². The Morgan fingerprint density at radius 3 is 2.71 bits per heavy atom. The summed E-state index contributed by atoms with van der Waals surface area (Å²) >= 11 is 19.3. The first kappa shape index (κ1) is 24.6. The molecule has 1 saturated heterocycles. The number of carbonyl (C=O) groups excluding carboxylic acids is 1. The number of rotatable bonds is 8. The summed E-state index contributed by atoms with van der Waals surface area (Å²) in [6.07, 6.45) is 2.00. The number of amides is 1. The van der Waals surface area contributed by atoms with E-state index in [1.165, 1.54) is 0 Å². The zero-order chi connectivity index (χ0) is 22.4. The van der Waals surface area contributed by atoms with E-state index in [9.17, 15) is 4.79 Å². The fourth-order valence-electron chi connectivity index (χ4n) is 2.91. The molecular weight excluding hydrogens is 543 g/mol. The van der Waals surface area contributed by atoms with Gasteiger partial charge >= 0.3 is 0 Å². The summed E-state index contributed by atoms with van der Waals surface area (Å²) in [6, 6.07) is 8.87. The van der Waals surface area contributed by atoms with Crippen molar-refractivity contribution in [2.24, 2.45) is 5.10 Å². The van der Waals surface area contributed by atoms with Crippen molar-refractivity contribution < 1.29 is 14.3 Å². The molecule has 2 aromatic rings. The highest BCUT2D eigenvalue weighted by Crippen LogP contribution is 2.45. The van der Waals surface area contributed by atoms with Crippen molar-refractivity contribution in [2.45, 2.75) is 24.0 Å². The van der Waals surface area contributed by atoms with Crippen LogP contribution in [0.15, 0.2) is 39.9 Å². The van der Waals surface area contributed by atoms with Gasteiger partial charge in [-0.25, -0.2) is 5.43 Å². The van der Waals surface area contributed by atoms with E-state index in [0.29, 0.717) is 32.4 Å². The number of nitrogens with one attached hydrogen (secondary N) is 1. The Bertz CT molecular complexity index is 985. The monoisotopic (exact) mass is 562 g/mol. The molecule has 1 heterocycles. The van der Waals surface area contributed by atoms with Gasteiger partial charge in [0.2, 0.25) is 5.91 Å². The SMILES string of the molecule is COc1cc(/C=N\NC(=O)CC2(C)SCCS2)cc(Br)c1OCc1ccc(Cl)cc1Cl. The lowest BCUT2D eigenvalue weighted by Crippen LogP contribution is -2.26. The highest BCUT2D eigenvalue weighted by Gasteiger charge is 2.32. The van der Waals surface area contributed by atoms with Gasteiger partial charge in [0.1, 0.15) is 6.61 Å². The topological polar surface area (TPSA) is 59.9 Å². The predicted octanol–water partition coefficient (Wildman–Crippen LogP) is 6.38. The lowest BCUT2D eigenvalue weighted by atomic mass is 10.2. The molecule has 1 N–H and O–H groups in total. The Balaban J connectivity index is 1.64. The quantitative estimate of drug-likeness (QED) is 0.298. The van der Waals surface area contributed by atoms with Crippen molar-refractivity contribution in [3.63, 3.8) is 0 Å². The van der Waals surface area contributed by atoms with Crippen LogP contribution in [0.2, 0.25) is 10.0 Å². The molecule has 0 atom stereocenters. The summed E-state index contributed by atoms with van der Waals surface area (Å²) in [5, 5.41) is 5.18. The van der Waals surface area contributed by atoms with Crippen molar-refractivity contribution in [1.29, 1.82) is 0 Å². The molecule has 0 spiro atoms. The van der Waals surface area contributed by atoms with Crippen LogP contribution >= 0.6 is 62.7 Å². The highest BCUT2D eigenvalue weighted by atomic mass is 79.9. The Kier molecular flexibility index (Phi) is 8.87. The average molecular weight is 564 g/mol. The van der Waals surface area contributed by atoms with E-state index < -0.39 is 0 Å². The van der Waals surface area contributed by atoms with Crippen LogP contribution in [-0.2, 0) is 11.4 Å². The van der Waals surface area contributed by atoms with Gasteiger partial charge in [-0.1, -0.05) is 29.3 Å². The summed E-state index contributed by atoms with van der Waals surface area (Å²) in [5.74, 6) is 3.11. The van der Waals surface area contributed by atoms with Crippen LogP contribution in [0.3, 0.4) is 0 Å². The number of ether oxygens (including phenoxy) is 2. The fourth-order valence-corrected chi connectivity index (χ4v) is 6.78. The second kappa shape index (κ2) is 11.2. The maximum absolute atomic E-state index is 12.2.